The first-order valence-electron chi connectivity index (χ1n) is 10.7. The number of carbonyl (C=O) groups excluding carboxylic acids is 2. The first kappa shape index (κ1) is 22.0. The Kier molecular flexibility index (Phi) is 7.26. The van der Waals surface area contributed by atoms with Crippen LogP contribution in [0.1, 0.15) is 73.7 Å². The van der Waals surface area contributed by atoms with E-state index in [9.17, 15) is 19.5 Å². The fraction of sp³-hybridized carbons (Fsp3) is 0.522. The molecule has 30 heavy (non-hydrogen) atoms. The lowest BCUT2D eigenvalue weighted by atomic mass is 9.61. The Morgan fingerprint density at radius 1 is 1.07 bits per heavy atom. The fourth-order valence-corrected chi connectivity index (χ4v) is 5.30. The van der Waals surface area contributed by atoms with Gasteiger partial charge in [0.25, 0.3) is 11.8 Å². The van der Waals surface area contributed by atoms with Crippen LogP contribution in [0.4, 0.5) is 0 Å². The van der Waals surface area contributed by atoms with Crippen molar-refractivity contribution in [1.29, 1.82) is 0 Å². The summed E-state index contributed by atoms with van der Waals surface area (Å²) in [6.07, 6.45) is 11.7. The fourth-order valence-electron chi connectivity index (χ4n) is 5.30. The molecule has 0 saturated heterocycles. The maximum absolute atomic E-state index is 13.0. The monoisotopic (exact) mass is 414 g/mol. The summed E-state index contributed by atoms with van der Waals surface area (Å²) >= 11 is 0. The quantitative estimate of drug-likeness (QED) is 0.309. The van der Waals surface area contributed by atoms with Crippen LogP contribution in [0.3, 0.4) is 0 Å². The molecule has 1 aromatic rings. The summed E-state index contributed by atoms with van der Waals surface area (Å²) in [5, 5.41) is 21.5. The zero-order valence-corrected chi connectivity index (χ0v) is 17.1. The molecule has 0 radical (unpaired) electrons. The first-order chi connectivity index (χ1) is 14.5. The summed E-state index contributed by atoms with van der Waals surface area (Å²) in [6, 6.07) is 5.70. The zero-order valence-electron chi connectivity index (χ0n) is 17.1. The molecule has 0 bridgehead atoms. The van der Waals surface area contributed by atoms with Crippen molar-refractivity contribution >= 4 is 23.9 Å². The van der Waals surface area contributed by atoms with Crippen LogP contribution in [0.15, 0.2) is 30.3 Å². The van der Waals surface area contributed by atoms with E-state index in [2.05, 4.69) is 5.32 Å². The second kappa shape index (κ2) is 9.89. The van der Waals surface area contributed by atoms with Gasteiger partial charge in [0.2, 0.25) is 0 Å². The molecule has 0 aromatic heterocycles. The number of hydrogen-bond acceptors (Lipinski definition) is 4. The molecule has 2 saturated carbocycles. The Hall–Kier alpha value is -2.67. The highest BCUT2D eigenvalue weighted by Crippen LogP contribution is 2.51. The van der Waals surface area contributed by atoms with Crippen LogP contribution < -0.4 is 10.8 Å². The topological polar surface area (TPSA) is 116 Å². The van der Waals surface area contributed by atoms with E-state index in [-0.39, 0.29) is 5.41 Å². The van der Waals surface area contributed by atoms with Crippen molar-refractivity contribution in [3.05, 3.63) is 41.5 Å². The number of carbonyl (C=O) groups is 3. The summed E-state index contributed by atoms with van der Waals surface area (Å²) < 4.78 is 0. The average molecular weight is 415 g/mol. The maximum atomic E-state index is 13.0. The van der Waals surface area contributed by atoms with Crippen molar-refractivity contribution in [2.75, 3.05) is 0 Å². The van der Waals surface area contributed by atoms with Crippen LogP contribution in [-0.4, -0.2) is 34.1 Å². The van der Waals surface area contributed by atoms with Gasteiger partial charge in [-0.3, -0.25) is 14.8 Å². The smallest absolute Gasteiger partial charge is 0.326 e. The van der Waals surface area contributed by atoms with Crippen molar-refractivity contribution in [3.63, 3.8) is 0 Å². The molecule has 0 spiro atoms. The maximum Gasteiger partial charge on any atom is 0.326 e. The minimum Gasteiger partial charge on any atom is -0.480 e. The van der Waals surface area contributed by atoms with E-state index < -0.39 is 23.8 Å². The van der Waals surface area contributed by atoms with Crippen LogP contribution >= 0.6 is 0 Å². The summed E-state index contributed by atoms with van der Waals surface area (Å²) in [6.45, 7) is 0. The second-order valence-corrected chi connectivity index (χ2v) is 8.45. The Bertz CT molecular complexity index is 808. The zero-order chi connectivity index (χ0) is 21.6. The number of nitrogens with one attached hydrogen (secondary N) is 2. The number of hydroxylamine groups is 1. The van der Waals surface area contributed by atoms with Crippen LogP contribution in [0, 0.1) is 11.3 Å². The van der Waals surface area contributed by atoms with Crippen molar-refractivity contribution in [2.45, 2.75) is 63.8 Å². The minimum absolute atomic E-state index is 0.338. The van der Waals surface area contributed by atoms with Gasteiger partial charge in [-0.1, -0.05) is 44.2 Å². The predicted octanol–water partition coefficient (Wildman–Crippen LogP) is 3.53. The van der Waals surface area contributed by atoms with Crippen LogP contribution in [0.2, 0.25) is 0 Å². The number of carboxylic acid groups (broad SMARTS) is 1. The predicted molar refractivity (Wildman–Crippen MR) is 112 cm³/mol. The molecule has 0 heterocycles. The highest BCUT2D eigenvalue weighted by Gasteiger charge is 2.50. The van der Waals surface area contributed by atoms with Crippen LogP contribution in [0.5, 0.6) is 0 Å². The third-order valence-corrected chi connectivity index (χ3v) is 6.74. The molecule has 2 fully saturated rings. The molecular weight excluding hydrogens is 384 g/mol. The SMILES string of the molecule is O=C(C=Cc1cccc(C(=O)N[C@H](C(=O)O)C2(C3CCCC3)CCCCC2)c1)NO. The molecule has 3 rings (SSSR count). The number of carboxylic acids is 1. The lowest BCUT2D eigenvalue weighted by molar-refractivity contribution is -0.145. The number of benzene rings is 1. The molecular formula is C23H30N2O5. The van der Waals surface area contributed by atoms with Gasteiger partial charge in [0, 0.05) is 17.1 Å². The third kappa shape index (κ3) is 4.90. The van der Waals surface area contributed by atoms with E-state index in [1.807, 2.05) is 0 Å². The number of rotatable bonds is 7. The normalized spacial score (nSPS) is 20.0. The van der Waals surface area contributed by atoms with Gasteiger partial charge < -0.3 is 10.4 Å². The van der Waals surface area contributed by atoms with E-state index >= 15 is 0 Å². The van der Waals surface area contributed by atoms with Gasteiger partial charge in [-0.05, 0) is 55.4 Å². The van der Waals surface area contributed by atoms with E-state index in [0.717, 1.165) is 63.9 Å². The van der Waals surface area contributed by atoms with Crippen molar-refractivity contribution in [3.8, 4) is 0 Å². The summed E-state index contributed by atoms with van der Waals surface area (Å²) in [7, 11) is 0. The van der Waals surface area contributed by atoms with Crippen molar-refractivity contribution in [2.24, 2.45) is 11.3 Å². The Balaban J connectivity index is 1.82. The molecule has 7 heteroatoms. The van der Waals surface area contributed by atoms with Gasteiger partial charge in [-0.2, -0.15) is 0 Å². The highest BCUT2D eigenvalue weighted by molar-refractivity contribution is 5.97. The van der Waals surface area contributed by atoms with Gasteiger partial charge in [-0.25, -0.2) is 10.3 Å². The van der Waals surface area contributed by atoms with Crippen molar-refractivity contribution < 1.29 is 24.7 Å². The number of amides is 2. The van der Waals surface area contributed by atoms with Gasteiger partial charge in [-0.15, -0.1) is 0 Å². The summed E-state index contributed by atoms with van der Waals surface area (Å²) in [5.41, 5.74) is 2.06. The molecule has 0 aliphatic heterocycles. The van der Waals surface area contributed by atoms with E-state index in [4.69, 9.17) is 5.21 Å². The molecule has 2 aliphatic rings. The Morgan fingerprint density at radius 2 is 1.77 bits per heavy atom. The average Bonchev–Trinajstić information content (AvgIpc) is 3.31. The molecule has 2 amide bonds. The molecule has 0 unspecified atom stereocenters. The van der Waals surface area contributed by atoms with E-state index in [1.165, 1.54) is 11.6 Å². The molecule has 4 N–H and O–H groups in total. The molecule has 1 aromatic carbocycles. The lowest BCUT2D eigenvalue weighted by Gasteiger charge is -2.46. The van der Waals surface area contributed by atoms with Crippen LogP contribution in [-0.2, 0) is 9.59 Å². The molecule has 1 atom stereocenters. The van der Waals surface area contributed by atoms with Crippen LogP contribution in [0.25, 0.3) is 6.08 Å². The molecule has 162 valence electrons. The first-order valence-corrected chi connectivity index (χ1v) is 10.7. The number of hydrogen-bond donors (Lipinski definition) is 4. The summed E-state index contributed by atoms with van der Waals surface area (Å²) in [5.74, 6) is -1.72. The highest BCUT2D eigenvalue weighted by atomic mass is 16.5. The standard InChI is InChI=1S/C23H30N2O5/c26-19(25-30)12-11-16-7-6-8-17(15-16)21(27)24-20(22(28)29)23(13-4-1-5-14-23)18-9-2-3-10-18/h6-8,11-12,15,18,20,30H,1-5,9-10,13-14H2,(H,24,27)(H,25,26)(H,28,29)/t20-/m1/s1. The molecule has 7 nitrogen and oxygen atoms in total. The molecule has 2 aliphatic carbocycles. The second-order valence-electron chi connectivity index (χ2n) is 8.45. The van der Waals surface area contributed by atoms with Gasteiger partial charge in [0.1, 0.15) is 6.04 Å². The van der Waals surface area contributed by atoms with Gasteiger partial charge in [0.15, 0.2) is 0 Å². The minimum atomic E-state index is -0.965. The van der Waals surface area contributed by atoms with E-state index in [0.29, 0.717) is 17.0 Å². The van der Waals surface area contributed by atoms with E-state index in [1.54, 1.807) is 24.3 Å². The summed E-state index contributed by atoms with van der Waals surface area (Å²) in [4.78, 5) is 36.5. The lowest BCUT2D eigenvalue weighted by Crippen LogP contribution is -2.56. The Labute approximate surface area is 176 Å². The third-order valence-electron chi connectivity index (χ3n) is 6.74. The largest absolute Gasteiger partial charge is 0.480 e. The number of aliphatic carboxylic acids is 1. The van der Waals surface area contributed by atoms with Gasteiger partial charge >= 0.3 is 5.97 Å². The van der Waals surface area contributed by atoms with Gasteiger partial charge in [0.05, 0.1) is 0 Å². The Morgan fingerprint density at radius 3 is 2.40 bits per heavy atom. The van der Waals surface area contributed by atoms with Crippen molar-refractivity contribution in [1.82, 2.24) is 10.8 Å².